The second-order valence-electron chi connectivity index (χ2n) is 7.67. The van der Waals surface area contributed by atoms with Gasteiger partial charge in [0.2, 0.25) is 0 Å². The summed E-state index contributed by atoms with van der Waals surface area (Å²) in [6.07, 6.45) is 0.163. The molecule has 1 amide bonds. The highest BCUT2D eigenvalue weighted by Crippen LogP contribution is 2.24. The smallest absolute Gasteiger partial charge is 0.410 e. The van der Waals surface area contributed by atoms with E-state index >= 15 is 0 Å². The molecule has 1 aromatic rings. The second-order valence-corrected chi connectivity index (χ2v) is 7.67. The van der Waals surface area contributed by atoms with E-state index in [4.69, 9.17) is 21.2 Å². The highest BCUT2D eigenvalue weighted by molar-refractivity contribution is 6.03. The number of nitrogens with zero attached hydrogens (tertiary/aromatic N) is 2. The quantitative estimate of drug-likeness (QED) is 0.434. The molecule has 0 spiro atoms. The normalized spacial score (nSPS) is 17.9. The SMILES string of the molecule is CC(=NC1CCN(C(=O)OC(C)(C)C)CC1)c1cccc(C(N)O)c1N. The maximum absolute atomic E-state index is 12.1. The molecule has 5 N–H and O–H groups in total. The Morgan fingerprint density at radius 2 is 1.96 bits per heavy atom. The number of ether oxygens (including phenoxy) is 1. The van der Waals surface area contributed by atoms with Crippen molar-refractivity contribution in [3.8, 4) is 0 Å². The van der Waals surface area contributed by atoms with Gasteiger partial charge in [-0.15, -0.1) is 0 Å². The van der Waals surface area contributed by atoms with Crippen LogP contribution in [0.25, 0.3) is 0 Å². The van der Waals surface area contributed by atoms with Crippen LogP contribution in [-0.4, -0.2) is 46.5 Å². The van der Waals surface area contributed by atoms with Crippen molar-refractivity contribution in [2.45, 2.75) is 58.4 Å². The van der Waals surface area contributed by atoms with Crippen molar-refractivity contribution >= 4 is 17.5 Å². The van der Waals surface area contributed by atoms with Gasteiger partial charge in [0.05, 0.1) is 6.04 Å². The summed E-state index contributed by atoms with van der Waals surface area (Å²) in [6, 6.07) is 5.51. The molecule has 0 saturated carbocycles. The van der Waals surface area contributed by atoms with Crippen molar-refractivity contribution in [1.82, 2.24) is 4.90 Å². The molecule has 144 valence electrons. The van der Waals surface area contributed by atoms with Crippen LogP contribution in [0.15, 0.2) is 23.2 Å². The Bertz CT molecular complexity index is 672. The Kier molecular flexibility index (Phi) is 6.26. The highest BCUT2D eigenvalue weighted by atomic mass is 16.6. The number of aliphatic imine (C=N–C) groups is 1. The molecule has 0 radical (unpaired) electrons. The third kappa shape index (κ3) is 5.19. The number of carbonyl (C=O) groups is 1. The number of hydrogen-bond acceptors (Lipinski definition) is 6. The van der Waals surface area contributed by atoms with E-state index in [1.807, 2.05) is 33.8 Å². The van der Waals surface area contributed by atoms with Gasteiger partial charge in [0.15, 0.2) is 0 Å². The van der Waals surface area contributed by atoms with Gasteiger partial charge in [0.25, 0.3) is 0 Å². The molecule has 0 bridgehead atoms. The fourth-order valence-corrected chi connectivity index (χ4v) is 3.00. The minimum atomic E-state index is -1.11. The predicted octanol–water partition coefficient (Wildman–Crippen LogP) is 2.43. The molecule has 0 aliphatic carbocycles. The number of nitrogens with two attached hydrogens (primary N) is 2. The first-order valence-electron chi connectivity index (χ1n) is 8.93. The van der Waals surface area contributed by atoms with Crippen LogP contribution in [0.5, 0.6) is 0 Å². The molecule has 7 nitrogen and oxygen atoms in total. The standard InChI is InChI=1S/C19H30N4O3/c1-12(14-6-5-7-15(16(14)20)17(21)24)22-13-8-10-23(11-9-13)18(25)26-19(2,3)4/h5-7,13,17,24H,8-11,20-21H2,1-4H3. The lowest BCUT2D eigenvalue weighted by Gasteiger charge is -2.32. The summed E-state index contributed by atoms with van der Waals surface area (Å²) in [5, 5.41) is 9.60. The molecule has 1 aliphatic rings. The van der Waals surface area contributed by atoms with E-state index in [-0.39, 0.29) is 12.1 Å². The number of aliphatic hydroxyl groups is 1. The van der Waals surface area contributed by atoms with Crippen molar-refractivity contribution in [2.75, 3.05) is 18.8 Å². The molecule has 0 aromatic heterocycles. The molecule has 2 rings (SSSR count). The third-order valence-electron chi connectivity index (χ3n) is 4.34. The number of amides is 1. The maximum Gasteiger partial charge on any atom is 0.410 e. The van der Waals surface area contributed by atoms with Gasteiger partial charge in [-0.3, -0.25) is 4.99 Å². The molecule has 26 heavy (non-hydrogen) atoms. The molecule has 7 heteroatoms. The van der Waals surface area contributed by atoms with Gasteiger partial charge < -0.3 is 26.2 Å². The summed E-state index contributed by atoms with van der Waals surface area (Å²) in [7, 11) is 0. The van der Waals surface area contributed by atoms with Crippen LogP contribution in [0.3, 0.4) is 0 Å². The lowest BCUT2D eigenvalue weighted by molar-refractivity contribution is 0.0207. The van der Waals surface area contributed by atoms with Gasteiger partial charge in [-0.1, -0.05) is 18.2 Å². The van der Waals surface area contributed by atoms with Gasteiger partial charge >= 0.3 is 6.09 Å². The topological polar surface area (TPSA) is 114 Å². The number of carbonyl (C=O) groups excluding carboxylic acids is 1. The van der Waals surface area contributed by atoms with Gasteiger partial charge in [-0.05, 0) is 40.5 Å². The van der Waals surface area contributed by atoms with Gasteiger partial charge in [-0.25, -0.2) is 4.79 Å². The van der Waals surface area contributed by atoms with Crippen molar-refractivity contribution in [3.05, 3.63) is 29.3 Å². The number of likely N-dealkylation sites (tertiary alicyclic amines) is 1. The lowest BCUT2D eigenvalue weighted by Crippen LogP contribution is -2.42. The number of nitrogen functional groups attached to an aromatic ring is 1. The Balaban J connectivity index is 2.02. The van der Waals surface area contributed by atoms with Crippen LogP contribution in [0.1, 0.15) is 57.9 Å². The average Bonchev–Trinajstić information content (AvgIpc) is 2.53. The highest BCUT2D eigenvalue weighted by Gasteiger charge is 2.26. The molecular formula is C19H30N4O3. The molecule has 1 heterocycles. The average molecular weight is 362 g/mol. The maximum atomic E-state index is 12.1. The van der Waals surface area contributed by atoms with Crippen LogP contribution in [0, 0.1) is 0 Å². The summed E-state index contributed by atoms with van der Waals surface area (Å²) >= 11 is 0. The molecule has 1 fully saturated rings. The molecular weight excluding hydrogens is 332 g/mol. The zero-order chi connectivity index (χ0) is 19.5. The molecule has 1 atom stereocenters. The van der Waals surface area contributed by atoms with Gasteiger partial charge in [-0.2, -0.15) is 0 Å². The van der Waals surface area contributed by atoms with Crippen LogP contribution < -0.4 is 11.5 Å². The van der Waals surface area contributed by atoms with Gasteiger partial charge in [0, 0.05) is 35.6 Å². The summed E-state index contributed by atoms with van der Waals surface area (Å²) in [5.41, 5.74) is 13.7. The Morgan fingerprint density at radius 3 is 2.50 bits per heavy atom. The molecule has 1 unspecified atom stereocenters. The number of benzene rings is 1. The number of para-hydroxylation sites is 1. The van der Waals surface area contributed by atoms with E-state index in [1.54, 1.807) is 17.0 Å². The number of hydrogen-bond donors (Lipinski definition) is 3. The number of aliphatic hydroxyl groups excluding tert-OH is 1. The van der Waals surface area contributed by atoms with Crippen molar-refractivity contribution in [3.63, 3.8) is 0 Å². The first-order valence-corrected chi connectivity index (χ1v) is 8.93. The summed E-state index contributed by atoms with van der Waals surface area (Å²) in [5.74, 6) is 0. The second kappa shape index (κ2) is 8.05. The third-order valence-corrected chi connectivity index (χ3v) is 4.34. The molecule has 1 aromatic carbocycles. The first kappa shape index (κ1) is 20.2. The summed E-state index contributed by atoms with van der Waals surface area (Å²) < 4.78 is 5.41. The Morgan fingerprint density at radius 1 is 1.35 bits per heavy atom. The summed E-state index contributed by atoms with van der Waals surface area (Å²) in [6.45, 7) is 8.73. The van der Waals surface area contributed by atoms with E-state index in [1.165, 1.54) is 0 Å². The number of piperidine rings is 1. The van der Waals surface area contributed by atoms with E-state index in [0.29, 0.717) is 24.3 Å². The van der Waals surface area contributed by atoms with Crippen LogP contribution in [0.2, 0.25) is 0 Å². The van der Waals surface area contributed by atoms with E-state index < -0.39 is 11.8 Å². The zero-order valence-corrected chi connectivity index (χ0v) is 16.0. The lowest BCUT2D eigenvalue weighted by atomic mass is 10.0. The fourth-order valence-electron chi connectivity index (χ4n) is 3.00. The zero-order valence-electron chi connectivity index (χ0n) is 16.0. The van der Waals surface area contributed by atoms with Gasteiger partial charge in [0.1, 0.15) is 11.8 Å². The number of anilines is 1. The van der Waals surface area contributed by atoms with Crippen LogP contribution in [-0.2, 0) is 4.74 Å². The fraction of sp³-hybridized carbons (Fsp3) is 0.579. The minimum Gasteiger partial charge on any atom is -0.444 e. The monoisotopic (exact) mass is 362 g/mol. The van der Waals surface area contributed by atoms with E-state index in [0.717, 1.165) is 24.1 Å². The van der Waals surface area contributed by atoms with Crippen molar-refractivity contribution < 1.29 is 14.6 Å². The van der Waals surface area contributed by atoms with Crippen molar-refractivity contribution in [1.29, 1.82) is 0 Å². The largest absolute Gasteiger partial charge is 0.444 e. The minimum absolute atomic E-state index is 0.125. The van der Waals surface area contributed by atoms with E-state index in [2.05, 4.69) is 0 Å². The van der Waals surface area contributed by atoms with Crippen LogP contribution >= 0.6 is 0 Å². The Hall–Kier alpha value is -2.12. The number of rotatable bonds is 3. The first-order chi connectivity index (χ1) is 12.1. The van der Waals surface area contributed by atoms with Crippen molar-refractivity contribution in [2.24, 2.45) is 10.7 Å². The summed E-state index contributed by atoms with van der Waals surface area (Å²) in [4.78, 5) is 18.6. The van der Waals surface area contributed by atoms with Crippen LogP contribution in [0.4, 0.5) is 10.5 Å². The predicted molar refractivity (Wildman–Crippen MR) is 103 cm³/mol. The van der Waals surface area contributed by atoms with E-state index in [9.17, 15) is 9.90 Å². The molecule has 1 saturated heterocycles. The molecule has 1 aliphatic heterocycles. The Labute approximate surface area is 155 Å².